The number of nitrogens with one attached hydrogen (secondary N) is 1. The lowest BCUT2D eigenvalue weighted by Crippen LogP contribution is -2.42. The zero-order chi connectivity index (χ0) is 11.6. The van der Waals surface area contributed by atoms with Gasteiger partial charge in [-0.25, -0.2) is 0 Å². The Morgan fingerprint density at radius 1 is 1.19 bits per heavy atom. The Balaban J connectivity index is 2.20. The summed E-state index contributed by atoms with van der Waals surface area (Å²) in [6.45, 7) is 5.62. The Bertz CT molecular complexity index is 333. The quantitative estimate of drug-likeness (QED) is 0.814. The molecule has 1 heteroatoms. The highest BCUT2D eigenvalue weighted by Gasteiger charge is 2.37. The van der Waals surface area contributed by atoms with E-state index in [-0.39, 0.29) is 0 Å². The van der Waals surface area contributed by atoms with Crippen molar-refractivity contribution in [1.82, 2.24) is 5.32 Å². The highest BCUT2D eigenvalue weighted by atomic mass is 14.8. The van der Waals surface area contributed by atoms with Gasteiger partial charge < -0.3 is 5.32 Å². The van der Waals surface area contributed by atoms with Gasteiger partial charge in [0, 0.05) is 12.0 Å². The van der Waals surface area contributed by atoms with Crippen LogP contribution in [0.5, 0.6) is 0 Å². The Morgan fingerprint density at radius 2 is 1.81 bits per heavy atom. The summed E-state index contributed by atoms with van der Waals surface area (Å²) in [6, 6.07) is 9.28. The molecule has 0 spiro atoms. The van der Waals surface area contributed by atoms with Crippen LogP contribution in [0, 0.1) is 0 Å². The van der Waals surface area contributed by atoms with Gasteiger partial charge in [-0.15, -0.1) is 0 Å². The van der Waals surface area contributed by atoms with E-state index in [1.54, 1.807) is 0 Å². The molecule has 1 aromatic rings. The van der Waals surface area contributed by atoms with Crippen molar-refractivity contribution < 1.29 is 0 Å². The topological polar surface area (TPSA) is 12.0 Å². The van der Waals surface area contributed by atoms with Crippen molar-refractivity contribution in [3.8, 4) is 0 Å². The van der Waals surface area contributed by atoms with Gasteiger partial charge in [-0.3, -0.25) is 0 Å². The largest absolute Gasteiger partial charge is 0.319 e. The molecule has 1 fully saturated rings. The minimum atomic E-state index is 0.435. The van der Waals surface area contributed by atoms with Crippen molar-refractivity contribution in [2.45, 2.75) is 44.4 Å². The summed E-state index contributed by atoms with van der Waals surface area (Å²) < 4.78 is 0. The molecule has 0 bridgehead atoms. The molecule has 0 aromatic heterocycles. The van der Waals surface area contributed by atoms with Gasteiger partial charge in [0.1, 0.15) is 0 Å². The SMILES string of the molecule is CNCC1(c2ccc(C(C)C)cc2)CCC1. The van der Waals surface area contributed by atoms with Crippen molar-refractivity contribution in [2.75, 3.05) is 13.6 Å². The van der Waals surface area contributed by atoms with Crippen LogP contribution in [-0.2, 0) is 5.41 Å². The average molecular weight is 217 g/mol. The maximum Gasteiger partial charge on any atom is 0.00776 e. The number of likely N-dealkylation sites (N-methyl/N-ethyl adjacent to an activating group) is 1. The second-order valence-corrected chi connectivity index (χ2v) is 5.44. The predicted octanol–water partition coefficient (Wildman–Crippen LogP) is 3.45. The van der Waals surface area contributed by atoms with Gasteiger partial charge in [0.05, 0.1) is 0 Å². The predicted molar refractivity (Wildman–Crippen MR) is 70.0 cm³/mol. The van der Waals surface area contributed by atoms with Crippen molar-refractivity contribution in [3.05, 3.63) is 35.4 Å². The summed E-state index contributed by atoms with van der Waals surface area (Å²) in [5.74, 6) is 0.635. The lowest BCUT2D eigenvalue weighted by atomic mass is 9.64. The van der Waals surface area contributed by atoms with E-state index in [9.17, 15) is 0 Å². The molecule has 0 amide bonds. The smallest absolute Gasteiger partial charge is 0.00776 e. The molecule has 1 N–H and O–H groups in total. The molecule has 0 heterocycles. The molecular weight excluding hydrogens is 194 g/mol. The highest BCUT2D eigenvalue weighted by molar-refractivity contribution is 5.32. The number of rotatable bonds is 4. The van der Waals surface area contributed by atoms with Crippen LogP contribution in [-0.4, -0.2) is 13.6 Å². The van der Waals surface area contributed by atoms with E-state index in [1.807, 2.05) is 0 Å². The minimum Gasteiger partial charge on any atom is -0.319 e. The molecule has 2 rings (SSSR count). The van der Waals surface area contributed by atoms with Gasteiger partial charge in [0.2, 0.25) is 0 Å². The van der Waals surface area contributed by atoms with E-state index in [2.05, 4.69) is 50.5 Å². The second-order valence-electron chi connectivity index (χ2n) is 5.44. The van der Waals surface area contributed by atoms with Crippen molar-refractivity contribution >= 4 is 0 Å². The molecule has 88 valence electrons. The fraction of sp³-hybridized carbons (Fsp3) is 0.600. The molecule has 0 atom stereocenters. The van der Waals surface area contributed by atoms with Crippen LogP contribution in [0.15, 0.2) is 24.3 Å². The summed E-state index contributed by atoms with van der Waals surface area (Å²) in [5, 5.41) is 3.35. The molecule has 0 radical (unpaired) electrons. The lowest BCUT2D eigenvalue weighted by molar-refractivity contribution is 0.239. The zero-order valence-electron chi connectivity index (χ0n) is 10.7. The fourth-order valence-electron chi connectivity index (χ4n) is 2.73. The average Bonchev–Trinajstić information content (AvgIpc) is 2.23. The van der Waals surface area contributed by atoms with Gasteiger partial charge >= 0.3 is 0 Å². The lowest BCUT2D eigenvalue weighted by Gasteiger charge is -2.42. The van der Waals surface area contributed by atoms with Crippen LogP contribution < -0.4 is 5.32 Å². The van der Waals surface area contributed by atoms with Crippen molar-refractivity contribution in [2.24, 2.45) is 0 Å². The summed E-state index contributed by atoms with van der Waals surface area (Å²) in [7, 11) is 2.06. The standard InChI is InChI=1S/C15H23N/c1-12(2)13-5-7-14(8-6-13)15(11-16-3)9-4-10-15/h5-8,12,16H,4,9-11H2,1-3H3. The molecule has 1 aliphatic carbocycles. The van der Waals surface area contributed by atoms with Crippen LogP contribution in [0.4, 0.5) is 0 Å². The first-order chi connectivity index (χ1) is 7.68. The molecule has 1 nitrogen and oxygen atoms in total. The summed E-state index contributed by atoms with van der Waals surface area (Å²) >= 11 is 0. The molecule has 1 aliphatic rings. The van der Waals surface area contributed by atoms with Gasteiger partial charge in [0.15, 0.2) is 0 Å². The Labute approximate surface area is 99.3 Å². The molecule has 0 saturated heterocycles. The van der Waals surface area contributed by atoms with Gasteiger partial charge in [-0.1, -0.05) is 44.5 Å². The second kappa shape index (κ2) is 4.58. The molecular formula is C15H23N. The molecule has 1 saturated carbocycles. The third-order valence-corrected chi connectivity index (χ3v) is 4.02. The van der Waals surface area contributed by atoms with Crippen LogP contribution in [0.3, 0.4) is 0 Å². The molecule has 1 aromatic carbocycles. The van der Waals surface area contributed by atoms with Crippen LogP contribution in [0.1, 0.15) is 50.2 Å². The first-order valence-electron chi connectivity index (χ1n) is 6.43. The fourth-order valence-corrected chi connectivity index (χ4v) is 2.73. The normalized spacial score (nSPS) is 18.5. The molecule has 0 aliphatic heterocycles. The summed E-state index contributed by atoms with van der Waals surface area (Å²) in [5.41, 5.74) is 3.41. The number of benzene rings is 1. The maximum absolute atomic E-state index is 3.35. The van der Waals surface area contributed by atoms with E-state index in [4.69, 9.17) is 0 Å². The molecule has 0 unspecified atom stereocenters. The third-order valence-electron chi connectivity index (χ3n) is 4.02. The van der Waals surface area contributed by atoms with E-state index >= 15 is 0 Å². The highest BCUT2D eigenvalue weighted by Crippen LogP contribution is 2.43. The Morgan fingerprint density at radius 3 is 2.19 bits per heavy atom. The van der Waals surface area contributed by atoms with E-state index in [0.29, 0.717) is 11.3 Å². The van der Waals surface area contributed by atoms with Gasteiger partial charge in [0.25, 0.3) is 0 Å². The first kappa shape index (κ1) is 11.7. The number of hydrogen-bond acceptors (Lipinski definition) is 1. The maximum atomic E-state index is 3.35. The minimum absolute atomic E-state index is 0.435. The van der Waals surface area contributed by atoms with E-state index < -0.39 is 0 Å². The first-order valence-corrected chi connectivity index (χ1v) is 6.43. The van der Waals surface area contributed by atoms with Crippen LogP contribution in [0.25, 0.3) is 0 Å². The third kappa shape index (κ3) is 2.01. The Hall–Kier alpha value is -0.820. The van der Waals surface area contributed by atoms with E-state index in [0.717, 1.165) is 6.54 Å². The number of hydrogen-bond donors (Lipinski definition) is 1. The van der Waals surface area contributed by atoms with Crippen molar-refractivity contribution in [1.29, 1.82) is 0 Å². The van der Waals surface area contributed by atoms with Gasteiger partial charge in [-0.2, -0.15) is 0 Å². The molecule has 16 heavy (non-hydrogen) atoms. The summed E-state index contributed by atoms with van der Waals surface area (Å²) in [4.78, 5) is 0. The van der Waals surface area contributed by atoms with Gasteiger partial charge in [-0.05, 0) is 36.9 Å². The van der Waals surface area contributed by atoms with Crippen LogP contribution in [0.2, 0.25) is 0 Å². The van der Waals surface area contributed by atoms with Crippen molar-refractivity contribution in [3.63, 3.8) is 0 Å². The van der Waals surface area contributed by atoms with E-state index in [1.165, 1.54) is 30.4 Å². The monoisotopic (exact) mass is 217 g/mol. The van der Waals surface area contributed by atoms with Crippen LogP contribution >= 0.6 is 0 Å². The summed E-state index contributed by atoms with van der Waals surface area (Å²) in [6.07, 6.45) is 4.07. The Kier molecular flexibility index (Phi) is 3.34. The zero-order valence-corrected chi connectivity index (χ0v) is 10.7.